The van der Waals surface area contributed by atoms with Crippen molar-refractivity contribution in [2.45, 2.75) is 51.7 Å². The second-order valence-electron chi connectivity index (χ2n) is 9.60. The van der Waals surface area contributed by atoms with Gasteiger partial charge in [-0.1, -0.05) is 65.7 Å². The van der Waals surface area contributed by atoms with Crippen molar-refractivity contribution in [3.63, 3.8) is 0 Å². The summed E-state index contributed by atoms with van der Waals surface area (Å²) in [4.78, 5) is 25.7. The Labute approximate surface area is 211 Å². The minimum atomic E-state index is -1.01. The van der Waals surface area contributed by atoms with E-state index in [-0.39, 0.29) is 31.0 Å². The molecule has 1 atom stereocenters. The third-order valence-corrected chi connectivity index (χ3v) is 6.59. The summed E-state index contributed by atoms with van der Waals surface area (Å²) in [6, 6.07) is 21.7. The van der Waals surface area contributed by atoms with E-state index in [9.17, 15) is 14.7 Å². The molecule has 1 aliphatic rings. The highest BCUT2D eigenvalue weighted by atomic mass is 35.5. The molecule has 0 spiro atoms. The van der Waals surface area contributed by atoms with Gasteiger partial charge in [0.05, 0.1) is 0 Å². The Morgan fingerprint density at radius 2 is 1.66 bits per heavy atom. The molecule has 3 aromatic rings. The Balaban J connectivity index is 1.38. The smallest absolute Gasteiger partial charge is 0.323 e. The monoisotopic (exact) mass is 491 g/mol. The van der Waals surface area contributed by atoms with Gasteiger partial charge in [0, 0.05) is 30.8 Å². The number of hydrogen-bond acceptors (Lipinski definition) is 3. The number of halogens is 1. The molecule has 0 bridgehead atoms. The van der Waals surface area contributed by atoms with Crippen LogP contribution in [0, 0.1) is 6.92 Å². The van der Waals surface area contributed by atoms with E-state index in [2.05, 4.69) is 13.0 Å². The summed E-state index contributed by atoms with van der Waals surface area (Å²) in [6.07, 6.45) is 2.35. The molecule has 35 heavy (non-hydrogen) atoms. The molecule has 0 saturated heterocycles. The number of amides is 1. The predicted molar refractivity (Wildman–Crippen MR) is 137 cm³/mol. The van der Waals surface area contributed by atoms with Crippen LogP contribution in [0.15, 0.2) is 66.7 Å². The van der Waals surface area contributed by atoms with Gasteiger partial charge in [0.2, 0.25) is 5.91 Å². The summed E-state index contributed by atoms with van der Waals surface area (Å²) in [5, 5.41) is 10.0. The van der Waals surface area contributed by atoms with E-state index in [1.807, 2.05) is 67.6 Å². The highest BCUT2D eigenvalue weighted by molar-refractivity contribution is 6.30. The minimum absolute atomic E-state index is 0.169. The fourth-order valence-electron chi connectivity index (χ4n) is 4.58. The Hall–Kier alpha value is -3.31. The molecule has 1 aliphatic heterocycles. The number of hydrogen-bond donors (Lipinski definition) is 1. The van der Waals surface area contributed by atoms with Crippen molar-refractivity contribution in [3.8, 4) is 5.75 Å². The first-order valence-corrected chi connectivity index (χ1v) is 12.2. The lowest BCUT2D eigenvalue weighted by Crippen LogP contribution is -2.35. The van der Waals surface area contributed by atoms with Gasteiger partial charge in [-0.2, -0.15) is 0 Å². The Bertz CT molecular complexity index is 1210. The van der Waals surface area contributed by atoms with Crippen LogP contribution in [0.4, 0.5) is 0 Å². The summed E-state index contributed by atoms with van der Waals surface area (Å²) >= 11 is 6.01. The van der Waals surface area contributed by atoms with Crippen LogP contribution < -0.4 is 4.74 Å². The van der Waals surface area contributed by atoms with Gasteiger partial charge in [-0.25, -0.2) is 0 Å². The molecule has 1 amide bonds. The van der Waals surface area contributed by atoms with Crippen LogP contribution in [-0.4, -0.2) is 34.0 Å². The first-order valence-electron chi connectivity index (χ1n) is 11.8. The second-order valence-corrected chi connectivity index (χ2v) is 10.0. The van der Waals surface area contributed by atoms with Crippen LogP contribution in [-0.2, 0) is 35.4 Å². The number of carboxylic acid groups (broad SMARTS) is 1. The third-order valence-electron chi connectivity index (χ3n) is 6.34. The summed E-state index contributed by atoms with van der Waals surface area (Å²) in [6.45, 7) is 4.08. The van der Waals surface area contributed by atoms with E-state index < -0.39 is 5.97 Å². The third kappa shape index (κ3) is 6.64. The molecule has 0 unspecified atom stereocenters. The zero-order chi connectivity index (χ0) is 25.0. The van der Waals surface area contributed by atoms with Gasteiger partial charge in [0.1, 0.15) is 17.9 Å². The van der Waals surface area contributed by atoms with Crippen molar-refractivity contribution in [2.24, 2.45) is 0 Å². The van der Waals surface area contributed by atoms with Crippen molar-refractivity contribution in [1.29, 1.82) is 0 Å². The zero-order valence-corrected chi connectivity index (χ0v) is 20.8. The number of nitrogens with zero attached hydrogens (tertiary/aromatic N) is 1. The number of aryl methyl sites for hydroxylation is 2. The molecule has 1 N–H and O–H groups in total. The van der Waals surface area contributed by atoms with E-state index in [0.717, 1.165) is 45.9 Å². The first kappa shape index (κ1) is 24.8. The van der Waals surface area contributed by atoms with Crippen LogP contribution in [0.1, 0.15) is 41.2 Å². The standard InChI is InChI=1S/C29H30ClNO4/c1-20-3-5-23(6-4-20)18-31(19-28(33)34)27(32)14-10-21-9-13-26-24(15-21)17-29(2,35-26)16-22-7-11-25(30)12-8-22/h3-9,11-13,15H,10,14,16-19H2,1-2H3,(H,33,34)/t29-/m1/s1. The number of carbonyl (C=O) groups is 2. The van der Waals surface area contributed by atoms with Gasteiger partial charge in [-0.3, -0.25) is 9.59 Å². The van der Waals surface area contributed by atoms with Gasteiger partial charge in [0.15, 0.2) is 0 Å². The van der Waals surface area contributed by atoms with Gasteiger partial charge < -0.3 is 14.7 Å². The summed E-state index contributed by atoms with van der Waals surface area (Å²) in [5.74, 6) is -0.305. The Morgan fingerprint density at radius 1 is 1.00 bits per heavy atom. The molecule has 0 aromatic heterocycles. The first-order chi connectivity index (χ1) is 16.7. The van der Waals surface area contributed by atoms with Crippen molar-refractivity contribution in [3.05, 3.63) is 99.6 Å². The maximum atomic E-state index is 12.9. The summed E-state index contributed by atoms with van der Waals surface area (Å²) < 4.78 is 6.29. The summed E-state index contributed by atoms with van der Waals surface area (Å²) in [5.41, 5.74) is 5.05. The van der Waals surface area contributed by atoms with E-state index in [4.69, 9.17) is 16.3 Å². The largest absolute Gasteiger partial charge is 0.487 e. The highest BCUT2D eigenvalue weighted by Crippen LogP contribution is 2.37. The fourth-order valence-corrected chi connectivity index (χ4v) is 4.71. The fraction of sp³-hybridized carbons (Fsp3) is 0.310. The van der Waals surface area contributed by atoms with E-state index in [1.54, 1.807) is 0 Å². The van der Waals surface area contributed by atoms with Crippen LogP contribution in [0.2, 0.25) is 5.02 Å². The molecule has 5 nitrogen and oxygen atoms in total. The lowest BCUT2D eigenvalue weighted by molar-refractivity contribution is -0.144. The number of benzene rings is 3. The molecule has 6 heteroatoms. The molecule has 4 rings (SSSR count). The van der Waals surface area contributed by atoms with Gasteiger partial charge >= 0.3 is 5.97 Å². The van der Waals surface area contributed by atoms with Crippen molar-refractivity contribution in [2.75, 3.05) is 6.54 Å². The lowest BCUT2D eigenvalue weighted by atomic mass is 9.91. The van der Waals surface area contributed by atoms with Crippen molar-refractivity contribution < 1.29 is 19.4 Å². The zero-order valence-electron chi connectivity index (χ0n) is 20.1. The molecule has 1 heterocycles. The number of fused-ring (bicyclic) bond motifs is 1. The summed E-state index contributed by atoms with van der Waals surface area (Å²) in [7, 11) is 0. The van der Waals surface area contributed by atoms with E-state index in [0.29, 0.717) is 6.42 Å². The predicted octanol–water partition coefficient (Wildman–Crippen LogP) is 5.63. The number of carboxylic acids is 1. The minimum Gasteiger partial charge on any atom is -0.487 e. The number of aliphatic carboxylic acids is 1. The van der Waals surface area contributed by atoms with E-state index in [1.165, 1.54) is 10.5 Å². The molecule has 0 aliphatic carbocycles. The average Bonchev–Trinajstić information content (AvgIpc) is 3.14. The second kappa shape index (κ2) is 10.5. The number of rotatable bonds is 9. The molecule has 0 fully saturated rings. The number of carbonyl (C=O) groups excluding carboxylic acids is 1. The highest BCUT2D eigenvalue weighted by Gasteiger charge is 2.35. The van der Waals surface area contributed by atoms with Crippen molar-refractivity contribution >= 4 is 23.5 Å². The Morgan fingerprint density at radius 3 is 2.34 bits per heavy atom. The Kier molecular flexibility index (Phi) is 7.46. The molecular weight excluding hydrogens is 462 g/mol. The number of ether oxygens (including phenoxy) is 1. The SMILES string of the molecule is Cc1ccc(CN(CC(=O)O)C(=O)CCc2ccc3c(c2)C[C@@](C)(Cc2ccc(Cl)cc2)O3)cc1. The molecule has 3 aromatic carbocycles. The average molecular weight is 492 g/mol. The van der Waals surface area contributed by atoms with Crippen LogP contribution in [0.3, 0.4) is 0 Å². The normalized spacial score (nSPS) is 16.4. The van der Waals surface area contributed by atoms with Crippen molar-refractivity contribution in [1.82, 2.24) is 4.90 Å². The van der Waals surface area contributed by atoms with Crippen LogP contribution in [0.25, 0.3) is 0 Å². The van der Waals surface area contributed by atoms with E-state index >= 15 is 0 Å². The molecule has 182 valence electrons. The van der Waals surface area contributed by atoms with Gasteiger partial charge in [-0.15, -0.1) is 0 Å². The van der Waals surface area contributed by atoms with Crippen LogP contribution in [0.5, 0.6) is 5.75 Å². The molecular formula is C29H30ClNO4. The van der Waals surface area contributed by atoms with Gasteiger partial charge in [0.25, 0.3) is 0 Å². The van der Waals surface area contributed by atoms with Crippen LogP contribution >= 0.6 is 11.6 Å². The lowest BCUT2D eigenvalue weighted by Gasteiger charge is -2.24. The van der Waals surface area contributed by atoms with Gasteiger partial charge in [-0.05, 0) is 60.7 Å². The maximum Gasteiger partial charge on any atom is 0.323 e. The molecule has 0 saturated carbocycles. The quantitative estimate of drug-likeness (QED) is 0.421. The molecule has 0 radical (unpaired) electrons. The topological polar surface area (TPSA) is 66.8 Å². The maximum absolute atomic E-state index is 12.9.